The molecule has 1 fully saturated rings. The van der Waals surface area contributed by atoms with Gasteiger partial charge in [0.2, 0.25) is 0 Å². The maximum Gasteiger partial charge on any atom is 0.00818 e. The fraction of sp³-hybridized carbons (Fsp3) is 1.00. The summed E-state index contributed by atoms with van der Waals surface area (Å²) in [6.45, 7) is 3.01. The van der Waals surface area contributed by atoms with Crippen molar-refractivity contribution in [1.29, 1.82) is 0 Å². The molecule has 4 N–H and O–H groups in total. The molecule has 0 bridgehead atoms. The summed E-state index contributed by atoms with van der Waals surface area (Å²) >= 11 is 0. The van der Waals surface area contributed by atoms with Crippen LogP contribution in [0.5, 0.6) is 0 Å². The second-order valence-electron chi connectivity index (χ2n) is 3.12. The molecule has 0 amide bonds. The van der Waals surface area contributed by atoms with E-state index in [0.717, 1.165) is 12.5 Å². The van der Waals surface area contributed by atoms with Gasteiger partial charge in [-0.25, -0.2) is 0 Å². The van der Waals surface area contributed by atoms with Gasteiger partial charge in [-0.1, -0.05) is 6.92 Å². The lowest BCUT2D eigenvalue weighted by atomic mass is 9.96. The van der Waals surface area contributed by atoms with E-state index in [1.54, 1.807) is 0 Å². The first-order chi connectivity index (χ1) is 4.25. The molecule has 0 aromatic carbocycles. The van der Waals surface area contributed by atoms with Crippen LogP contribution in [0.3, 0.4) is 0 Å². The Morgan fingerprint density at radius 1 is 1.44 bits per heavy atom. The first kappa shape index (κ1) is 7.03. The fourth-order valence-electron chi connectivity index (χ4n) is 1.71. The average Bonchev–Trinajstić information content (AvgIpc) is 2.12. The van der Waals surface area contributed by atoms with Gasteiger partial charge in [0.15, 0.2) is 0 Å². The first-order valence-corrected chi connectivity index (χ1v) is 3.71. The Morgan fingerprint density at radius 2 is 2.11 bits per heavy atom. The Labute approximate surface area is 56.6 Å². The third-order valence-corrected chi connectivity index (χ3v) is 2.51. The summed E-state index contributed by atoms with van der Waals surface area (Å²) in [7, 11) is 0. The summed E-state index contributed by atoms with van der Waals surface area (Å²) in [5.41, 5.74) is 11.3. The van der Waals surface area contributed by atoms with E-state index in [2.05, 4.69) is 6.92 Å². The Balaban J connectivity index is 2.44. The number of nitrogens with two attached hydrogens (primary N) is 2. The first-order valence-electron chi connectivity index (χ1n) is 3.71. The van der Waals surface area contributed by atoms with Gasteiger partial charge in [0, 0.05) is 6.04 Å². The summed E-state index contributed by atoms with van der Waals surface area (Å²) in [5.74, 6) is 1.34. The van der Waals surface area contributed by atoms with Crippen LogP contribution in [0.2, 0.25) is 0 Å². The van der Waals surface area contributed by atoms with Crippen LogP contribution in [0.25, 0.3) is 0 Å². The lowest BCUT2D eigenvalue weighted by Crippen LogP contribution is -2.32. The largest absolute Gasteiger partial charge is 0.330 e. The summed E-state index contributed by atoms with van der Waals surface area (Å²) in [6.07, 6.45) is 2.44. The molecule has 1 saturated carbocycles. The molecule has 1 aliphatic carbocycles. The highest BCUT2D eigenvalue weighted by atomic mass is 14.7. The molecular weight excluding hydrogens is 112 g/mol. The van der Waals surface area contributed by atoms with Gasteiger partial charge in [-0.3, -0.25) is 0 Å². The van der Waals surface area contributed by atoms with Gasteiger partial charge >= 0.3 is 0 Å². The molecule has 2 heteroatoms. The minimum Gasteiger partial charge on any atom is -0.330 e. The lowest BCUT2D eigenvalue weighted by molar-refractivity contribution is 0.396. The molecule has 0 aliphatic heterocycles. The SMILES string of the molecule is C[C@H]1CC[C@@H](N)[C@@H]1CN. The van der Waals surface area contributed by atoms with E-state index in [-0.39, 0.29) is 0 Å². The Bertz CT molecular complexity index is 82.9. The molecular formula is C7H16N2. The van der Waals surface area contributed by atoms with Crippen molar-refractivity contribution in [1.82, 2.24) is 0 Å². The molecule has 0 heterocycles. The smallest absolute Gasteiger partial charge is 0.00818 e. The third kappa shape index (κ3) is 1.25. The van der Waals surface area contributed by atoms with Crippen LogP contribution < -0.4 is 11.5 Å². The maximum atomic E-state index is 5.80. The Morgan fingerprint density at radius 3 is 2.33 bits per heavy atom. The van der Waals surface area contributed by atoms with E-state index in [1.165, 1.54) is 12.8 Å². The minimum absolute atomic E-state index is 0.380. The predicted molar refractivity (Wildman–Crippen MR) is 38.9 cm³/mol. The third-order valence-electron chi connectivity index (χ3n) is 2.51. The van der Waals surface area contributed by atoms with Crippen molar-refractivity contribution in [2.24, 2.45) is 23.3 Å². The maximum absolute atomic E-state index is 5.80. The minimum atomic E-state index is 0.380. The van der Waals surface area contributed by atoms with Crippen molar-refractivity contribution in [3.8, 4) is 0 Å². The molecule has 1 aliphatic rings. The zero-order valence-corrected chi connectivity index (χ0v) is 6.01. The van der Waals surface area contributed by atoms with Crippen molar-refractivity contribution >= 4 is 0 Å². The molecule has 9 heavy (non-hydrogen) atoms. The van der Waals surface area contributed by atoms with E-state index < -0.39 is 0 Å². The second-order valence-corrected chi connectivity index (χ2v) is 3.12. The second kappa shape index (κ2) is 2.67. The summed E-state index contributed by atoms with van der Waals surface area (Å²) < 4.78 is 0. The van der Waals surface area contributed by atoms with Crippen molar-refractivity contribution in [2.45, 2.75) is 25.8 Å². The van der Waals surface area contributed by atoms with Gasteiger partial charge < -0.3 is 11.5 Å². The standard InChI is InChI=1S/C7H16N2/c1-5-2-3-7(9)6(5)4-8/h5-7H,2-4,8-9H2,1H3/t5-,6+,7+/m0/s1. The highest BCUT2D eigenvalue weighted by molar-refractivity contribution is 4.85. The molecule has 0 spiro atoms. The van der Waals surface area contributed by atoms with Crippen molar-refractivity contribution in [2.75, 3.05) is 6.54 Å². The van der Waals surface area contributed by atoms with Crippen LogP contribution in [0.4, 0.5) is 0 Å². The van der Waals surface area contributed by atoms with E-state index in [4.69, 9.17) is 11.5 Å². The van der Waals surface area contributed by atoms with Gasteiger partial charge in [0.25, 0.3) is 0 Å². The topological polar surface area (TPSA) is 52.0 Å². The summed E-state index contributed by atoms with van der Waals surface area (Å²) in [4.78, 5) is 0. The fourth-order valence-corrected chi connectivity index (χ4v) is 1.71. The zero-order valence-electron chi connectivity index (χ0n) is 6.01. The van der Waals surface area contributed by atoms with Crippen molar-refractivity contribution < 1.29 is 0 Å². The van der Waals surface area contributed by atoms with E-state index in [0.29, 0.717) is 12.0 Å². The quantitative estimate of drug-likeness (QED) is 0.534. The Hall–Kier alpha value is -0.0800. The van der Waals surface area contributed by atoms with Crippen molar-refractivity contribution in [3.05, 3.63) is 0 Å². The molecule has 0 unspecified atom stereocenters. The lowest BCUT2D eigenvalue weighted by Gasteiger charge is -2.16. The van der Waals surface area contributed by atoms with Crippen LogP contribution >= 0.6 is 0 Å². The summed E-state index contributed by atoms with van der Waals surface area (Å²) in [6, 6.07) is 0.380. The molecule has 0 aromatic heterocycles. The number of hydrogen-bond donors (Lipinski definition) is 2. The van der Waals surface area contributed by atoms with Crippen LogP contribution in [-0.2, 0) is 0 Å². The molecule has 0 aromatic rings. The molecule has 0 radical (unpaired) electrons. The predicted octanol–water partition coefficient (Wildman–Crippen LogP) is 0.319. The zero-order chi connectivity index (χ0) is 6.85. The molecule has 54 valence electrons. The highest BCUT2D eigenvalue weighted by Gasteiger charge is 2.28. The normalized spacial score (nSPS) is 43.7. The van der Waals surface area contributed by atoms with Gasteiger partial charge in [-0.15, -0.1) is 0 Å². The van der Waals surface area contributed by atoms with E-state index >= 15 is 0 Å². The van der Waals surface area contributed by atoms with E-state index in [1.807, 2.05) is 0 Å². The number of rotatable bonds is 1. The van der Waals surface area contributed by atoms with Crippen LogP contribution in [-0.4, -0.2) is 12.6 Å². The molecule has 3 atom stereocenters. The molecule has 1 rings (SSSR count). The highest BCUT2D eigenvalue weighted by Crippen LogP contribution is 2.28. The number of hydrogen-bond acceptors (Lipinski definition) is 2. The van der Waals surface area contributed by atoms with Crippen LogP contribution in [0.1, 0.15) is 19.8 Å². The van der Waals surface area contributed by atoms with Gasteiger partial charge in [0.1, 0.15) is 0 Å². The monoisotopic (exact) mass is 128 g/mol. The van der Waals surface area contributed by atoms with Crippen LogP contribution in [0.15, 0.2) is 0 Å². The Kier molecular flexibility index (Phi) is 2.09. The molecule has 2 nitrogen and oxygen atoms in total. The average molecular weight is 128 g/mol. The summed E-state index contributed by atoms with van der Waals surface area (Å²) in [5, 5.41) is 0. The van der Waals surface area contributed by atoms with Gasteiger partial charge in [-0.2, -0.15) is 0 Å². The van der Waals surface area contributed by atoms with Crippen molar-refractivity contribution in [3.63, 3.8) is 0 Å². The van der Waals surface area contributed by atoms with Gasteiger partial charge in [-0.05, 0) is 31.2 Å². The van der Waals surface area contributed by atoms with E-state index in [9.17, 15) is 0 Å². The molecule has 0 saturated heterocycles. The van der Waals surface area contributed by atoms with Crippen LogP contribution in [0, 0.1) is 11.8 Å². The van der Waals surface area contributed by atoms with Gasteiger partial charge in [0.05, 0.1) is 0 Å².